The number of carbonyl (C=O) groups is 2. The molecular formula is C22H26N4O6S2. The molecule has 0 fully saturated rings. The summed E-state index contributed by atoms with van der Waals surface area (Å²) in [6.45, 7) is 2.38. The summed E-state index contributed by atoms with van der Waals surface area (Å²) in [5.41, 5.74) is 1.88. The van der Waals surface area contributed by atoms with Crippen LogP contribution in [0.4, 0.5) is 9.59 Å². The molecule has 0 bridgehead atoms. The number of carbonyl (C=O) groups excluding carboxylic acids is 2. The summed E-state index contributed by atoms with van der Waals surface area (Å²) in [5, 5.41) is 11.3. The standard InChI is InChI=1S/C22H26N4O6S2/c27-21(25-11-15-1-3-17-19(9-15)31-13-29-17)23-5-7-33-34-8-6-24-22(28)26-12-16-2-4-18-20(10-16)32-14-30-18/h1-4,9-10H,5-8,11-14H2,(H2,23,25,27)(H2,24,26,28). The van der Waals surface area contributed by atoms with Crippen LogP contribution in [0.3, 0.4) is 0 Å². The molecule has 2 aliphatic heterocycles. The maximum Gasteiger partial charge on any atom is 0.315 e. The normalized spacial score (nSPS) is 12.8. The van der Waals surface area contributed by atoms with Crippen molar-refractivity contribution in [1.29, 1.82) is 0 Å². The Hall–Kier alpha value is -3.12. The van der Waals surface area contributed by atoms with Crippen LogP contribution < -0.4 is 40.2 Å². The highest BCUT2D eigenvalue weighted by Gasteiger charge is 2.14. The highest BCUT2D eigenvalue weighted by Crippen LogP contribution is 2.33. The fourth-order valence-corrected chi connectivity index (χ4v) is 4.94. The summed E-state index contributed by atoms with van der Waals surface area (Å²) in [4.78, 5) is 23.8. The smallest absolute Gasteiger partial charge is 0.315 e. The minimum atomic E-state index is -0.218. The second-order valence-corrected chi connectivity index (χ2v) is 9.94. The van der Waals surface area contributed by atoms with Crippen molar-refractivity contribution in [2.75, 3.05) is 38.2 Å². The van der Waals surface area contributed by atoms with Gasteiger partial charge in [-0.25, -0.2) is 9.59 Å². The fraction of sp³-hybridized carbons (Fsp3) is 0.364. The molecule has 0 unspecified atom stereocenters. The molecule has 0 spiro atoms. The molecule has 182 valence electrons. The van der Waals surface area contributed by atoms with E-state index in [2.05, 4.69) is 21.3 Å². The van der Waals surface area contributed by atoms with Gasteiger partial charge in [0.2, 0.25) is 13.6 Å². The van der Waals surface area contributed by atoms with Crippen LogP contribution in [0.5, 0.6) is 23.0 Å². The van der Waals surface area contributed by atoms with E-state index in [4.69, 9.17) is 18.9 Å². The Morgan fingerprint density at radius 3 is 1.56 bits per heavy atom. The molecule has 0 aromatic heterocycles. The number of fused-ring (bicyclic) bond motifs is 2. The van der Waals surface area contributed by atoms with Crippen molar-refractivity contribution in [2.45, 2.75) is 13.1 Å². The fourth-order valence-electron chi connectivity index (χ4n) is 3.12. The first kappa shape index (κ1) is 24.0. The molecule has 0 radical (unpaired) electrons. The first-order chi connectivity index (χ1) is 16.7. The molecule has 12 heteroatoms. The molecule has 0 aliphatic carbocycles. The summed E-state index contributed by atoms with van der Waals surface area (Å²) in [6.07, 6.45) is 0. The predicted octanol–water partition coefficient (Wildman–Crippen LogP) is 2.82. The van der Waals surface area contributed by atoms with Crippen LogP contribution in [0.15, 0.2) is 36.4 Å². The van der Waals surface area contributed by atoms with Crippen LogP contribution >= 0.6 is 21.6 Å². The molecule has 4 rings (SSSR count). The highest BCUT2D eigenvalue weighted by atomic mass is 33.1. The molecule has 2 heterocycles. The lowest BCUT2D eigenvalue weighted by molar-refractivity contribution is 0.173. The lowest BCUT2D eigenvalue weighted by Gasteiger charge is -2.09. The van der Waals surface area contributed by atoms with E-state index in [0.717, 1.165) is 34.1 Å². The minimum absolute atomic E-state index is 0.218. The molecule has 4 N–H and O–H groups in total. The number of urea groups is 2. The number of amides is 4. The first-order valence-corrected chi connectivity index (χ1v) is 13.2. The number of rotatable bonds is 11. The lowest BCUT2D eigenvalue weighted by Crippen LogP contribution is -2.36. The van der Waals surface area contributed by atoms with Gasteiger partial charge in [-0.05, 0) is 35.4 Å². The van der Waals surface area contributed by atoms with Gasteiger partial charge in [0.25, 0.3) is 0 Å². The van der Waals surface area contributed by atoms with E-state index in [1.54, 1.807) is 21.6 Å². The van der Waals surface area contributed by atoms with Crippen molar-refractivity contribution in [3.05, 3.63) is 47.5 Å². The topological polar surface area (TPSA) is 119 Å². The van der Waals surface area contributed by atoms with E-state index >= 15 is 0 Å². The van der Waals surface area contributed by atoms with Crippen LogP contribution in [0.2, 0.25) is 0 Å². The lowest BCUT2D eigenvalue weighted by atomic mass is 10.2. The van der Waals surface area contributed by atoms with Gasteiger partial charge in [-0.15, -0.1) is 0 Å². The minimum Gasteiger partial charge on any atom is -0.454 e. The summed E-state index contributed by atoms with van der Waals surface area (Å²) in [6, 6.07) is 10.7. The number of nitrogens with one attached hydrogen (secondary N) is 4. The Labute approximate surface area is 205 Å². The quantitative estimate of drug-likeness (QED) is 0.271. The zero-order valence-corrected chi connectivity index (χ0v) is 20.0. The van der Waals surface area contributed by atoms with E-state index in [1.807, 2.05) is 36.4 Å². The van der Waals surface area contributed by atoms with E-state index in [9.17, 15) is 9.59 Å². The van der Waals surface area contributed by atoms with Gasteiger partial charge >= 0.3 is 12.1 Å². The average Bonchev–Trinajstić information content (AvgIpc) is 3.51. The second kappa shape index (κ2) is 12.4. The Morgan fingerprint density at radius 2 is 1.09 bits per heavy atom. The van der Waals surface area contributed by atoms with Crippen molar-refractivity contribution in [3.8, 4) is 23.0 Å². The molecule has 0 saturated carbocycles. The van der Waals surface area contributed by atoms with Gasteiger partial charge < -0.3 is 40.2 Å². The van der Waals surface area contributed by atoms with Crippen molar-refractivity contribution in [1.82, 2.24) is 21.3 Å². The third-order valence-corrected chi connectivity index (χ3v) is 7.21. The zero-order chi connectivity index (χ0) is 23.6. The first-order valence-electron chi connectivity index (χ1n) is 10.7. The SMILES string of the molecule is O=C(NCCSSCCNC(=O)NCc1ccc2c(c1)OCO2)NCc1ccc2c(c1)OCO2. The van der Waals surface area contributed by atoms with Crippen molar-refractivity contribution >= 4 is 33.7 Å². The molecule has 0 atom stereocenters. The third-order valence-electron chi connectivity index (χ3n) is 4.81. The molecule has 34 heavy (non-hydrogen) atoms. The summed E-state index contributed by atoms with van der Waals surface area (Å²) >= 11 is 0. The van der Waals surface area contributed by atoms with Crippen LogP contribution in [0.25, 0.3) is 0 Å². The van der Waals surface area contributed by atoms with Gasteiger partial charge in [0.05, 0.1) is 0 Å². The predicted molar refractivity (Wildman–Crippen MR) is 131 cm³/mol. The molecule has 2 aliphatic rings. The Balaban J connectivity index is 0.976. The van der Waals surface area contributed by atoms with E-state index in [0.29, 0.717) is 37.7 Å². The average molecular weight is 507 g/mol. The monoisotopic (exact) mass is 506 g/mol. The summed E-state index contributed by atoms with van der Waals surface area (Å²) < 4.78 is 21.2. The van der Waals surface area contributed by atoms with Gasteiger partial charge in [-0.3, -0.25) is 0 Å². The van der Waals surface area contributed by atoms with Gasteiger partial charge in [-0.2, -0.15) is 0 Å². The highest BCUT2D eigenvalue weighted by molar-refractivity contribution is 8.76. The molecule has 4 amide bonds. The number of hydrogen-bond acceptors (Lipinski definition) is 8. The summed E-state index contributed by atoms with van der Waals surface area (Å²) in [5.74, 6) is 4.37. The maximum absolute atomic E-state index is 11.9. The maximum atomic E-state index is 11.9. The van der Waals surface area contributed by atoms with E-state index < -0.39 is 0 Å². The number of benzene rings is 2. The van der Waals surface area contributed by atoms with E-state index in [1.165, 1.54) is 0 Å². The van der Waals surface area contributed by atoms with Gasteiger partial charge in [0, 0.05) is 37.7 Å². The molecule has 0 saturated heterocycles. The molecule has 2 aromatic rings. The van der Waals surface area contributed by atoms with Crippen LogP contribution in [-0.2, 0) is 13.1 Å². The van der Waals surface area contributed by atoms with Gasteiger partial charge in [-0.1, -0.05) is 33.7 Å². The number of ether oxygens (including phenoxy) is 4. The van der Waals surface area contributed by atoms with Crippen LogP contribution in [-0.4, -0.2) is 50.2 Å². The molecule has 10 nitrogen and oxygen atoms in total. The molecule has 2 aromatic carbocycles. The Kier molecular flexibility index (Phi) is 8.74. The molecular weight excluding hydrogens is 480 g/mol. The van der Waals surface area contributed by atoms with Crippen molar-refractivity contribution in [3.63, 3.8) is 0 Å². The Morgan fingerprint density at radius 1 is 0.647 bits per heavy atom. The van der Waals surface area contributed by atoms with Gasteiger partial charge in [0.15, 0.2) is 23.0 Å². The van der Waals surface area contributed by atoms with Crippen LogP contribution in [0, 0.1) is 0 Å². The van der Waals surface area contributed by atoms with E-state index in [-0.39, 0.29) is 25.6 Å². The largest absolute Gasteiger partial charge is 0.454 e. The number of hydrogen-bond donors (Lipinski definition) is 4. The third kappa shape index (κ3) is 7.19. The zero-order valence-electron chi connectivity index (χ0n) is 18.4. The van der Waals surface area contributed by atoms with Crippen LogP contribution in [0.1, 0.15) is 11.1 Å². The van der Waals surface area contributed by atoms with Gasteiger partial charge in [0.1, 0.15) is 0 Å². The van der Waals surface area contributed by atoms with Crippen molar-refractivity contribution in [2.24, 2.45) is 0 Å². The van der Waals surface area contributed by atoms with Crippen molar-refractivity contribution < 1.29 is 28.5 Å². The summed E-state index contributed by atoms with van der Waals surface area (Å²) in [7, 11) is 3.29. The Bertz CT molecular complexity index is 930. The second-order valence-electron chi connectivity index (χ2n) is 7.24.